The molecule has 1 aliphatic rings. The van der Waals surface area contributed by atoms with Crippen LogP contribution in [0.15, 0.2) is 35.6 Å². The number of carbonyl (C=O) groups excluding carboxylic acids is 2. The number of likely N-dealkylation sites (N-methyl/N-ethyl adjacent to an activating group) is 1. The molecule has 3 rings (SSSR count). The summed E-state index contributed by atoms with van der Waals surface area (Å²) in [5.74, 6) is -1.08. The fourth-order valence-electron chi connectivity index (χ4n) is 3.62. The van der Waals surface area contributed by atoms with Crippen LogP contribution in [0.25, 0.3) is 10.9 Å². The molecule has 0 bridgehead atoms. The van der Waals surface area contributed by atoms with Crippen LogP contribution in [0.4, 0.5) is 0 Å². The van der Waals surface area contributed by atoms with Crippen LogP contribution in [-0.2, 0) is 9.59 Å². The molecule has 1 aliphatic heterocycles. The number of aromatic nitrogens is 1. The van der Waals surface area contributed by atoms with Gasteiger partial charge < -0.3 is 19.9 Å². The molecule has 1 unspecified atom stereocenters. The molecule has 6 heteroatoms. The van der Waals surface area contributed by atoms with Gasteiger partial charge in [-0.2, -0.15) is 0 Å². The van der Waals surface area contributed by atoms with E-state index in [-0.39, 0.29) is 17.8 Å². The highest BCUT2D eigenvalue weighted by molar-refractivity contribution is 6.09. The van der Waals surface area contributed by atoms with Gasteiger partial charge in [-0.15, -0.1) is 0 Å². The number of hydrogen-bond acceptors (Lipinski definition) is 4. The molecule has 1 aromatic heterocycles. The maximum Gasteiger partial charge on any atom is 0.290 e. The van der Waals surface area contributed by atoms with Crippen molar-refractivity contribution in [1.82, 2.24) is 14.8 Å². The van der Waals surface area contributed by atoms with Crippen molar-refractivity contribution < 1.29 is 14.7 Å². The van der Waals surface area contributed by atoms with Crippen molar-refractivity contribution in [3.8, 4) is 0 Å². The summed E-state index contributed by atoms with van der Waals surface area (Å²) in [5, 5.41) is 11.4. The van der Waals surface area contributed by atoms with Crippen molar-refractivity contribution in [2.45, 2.75) is 26.3 Å². The van der Waals surface area contributed by atoms with Gasteiger partial charge >= 0.3 is 0 Å². The van der Waals surface area contributed by atoms with E-state index >= 15 is 0 Å². The monoisotopic (exact) mass is 355 g/mol. The number of aliphatic hydroxyl groups is 1. The zero-order chi connectivity index (χ0) is 19.0. The molecule has 2 N–H and O–H groups in total. The van der Waals surface area contributed by atoms with E-state index in [1.165, 1.54) is 0 Å². The Bertz CT molecular complexity index is 895. The van der Waals surface area contributed by atoms with Crippen LogP contribution in [0.2, 0.25) is 0 Å². The summed E-state index contributed by atoms with van der Waals surface area (Å²) < 4.78 is 0. The molecular weight excluding hydrogens is 330 g/mol. The molecule has 2 heterocycles. The van der Waals surface area contributed by atoms with Gasteiger partial charge in [0.05, 0.1) is 11.6 Å². The third-order valence-electron chi connectivity index (χ3n) is 4.93. The van der Waals surface area contributed by atoms with E-state index in [4.69, 9.17) is 0 Å². The van der Waals surface area contributed by atoms with Crippen LogP contribution < -0.4 is 0 Å². The van der Waals surface area contributed by atoms with Gasteiger partial charge in [-0.1, -0.05) is 25.1 Å². The molecule has 0 saturated heterocycles. The van der Waals surface area contributed by atoms with Gasteiger partial charge in [0.25, 0.3) is 5.91 Å². The molecular formula is C20H25N3O3. The largest absolute Gasteiger partial charge is 0.503 e. The number of aryl methyl sites for hydroxylation is 1. The summed E-state index contributed by atoms with van der Waals surface area (Å²) in [6, 6.07) is 7.26. The number of nitrogens with zero attached hydrogens (tertiary/aromatic N) is 2. The zero-order valence-corrected chi connectivity index (χ0v) is 15.7. The number of H-pyrrole nitrogens is 1. The summed E-state index contributed by atoms with van der Waals surface area (Å²) in [6.07, 6.45) is 0.242. The highest BCUT2D eigenvalue weighted by atomic mass is 16.3. The summed E-state index contributed by atoms with van der Waals surface area (Å²) in [6.45, 7) is 4.76. The van der Waals surface area contributed by atoms with E-state index in [1.807, 2.05) is 50.2 Å². The van der Waals surface area contributed by atoms with Crippen molar-refractivity contribution in [1.29, 1.82) is 0 Å². The van der Waals surface area contributed by atoms with Gasteiger partial charge in [0.2, 0.25) is 0 Å². The smallest absolute Gasteiger partial charge is 0.290 e. The Balaban J connectivity index is 2.18. The quantitative estimate of drug-likeness (QED) is 0.835. The molecule has 0 fully saturated rings. The fourth-order valence-corrected chi connectivity index (χ4v) is 3.62. The average molecular weight is 355 g/mol. The lowest BCUT2D eigenvalue weighted by Gasteiger charge is -2.28. The van der Waals surface area contributed by atoms with E-state index in [0.29, 0.717) is 13.1 Å². The molecule has 0 saturated carbocycles. The second-order valence-electron chi connectivity index (χ2n) is 6.95. The van der Waals surface area contributed by atoms with Gasteiger partial charge in [0.15, 0.2) is 11.5 Å². The standard InChI is InChI=1S/C20H25N3O3/c1-5-15(24)17-18(23(11-10-22(3)4)20(26)19(17)25)16-12(2)21-14-9-7-6-8-13(14)16/h6-9,18,21,25H,5,10-11H2,1-4H3. The molecule has 138 valence electrons. The van der Waals surface area contributed by atoms with Crippen LogP contribution in [-0.4, -0.2) is 58.8 Å². The minimum atomic E-state index is -0.564. The summed E-state index contributed by atoms with van der Waals surface area (Å²) >= 11 is 0. The number of aromatic amines is 1. The summed E-state index contributed by atoms with van der Waals surface area (Å²) in [5.41, 5.74) is 2.95. The van der Waals surface area contributed by atoms with Crippen LogP contribution in [0, 0.1) is 6.92 Å². The summed E-state index contributed by atoms with van der Waals surface area (Å²) in [7, 11) is 3.86. The maximum atomic E-state index is 12.7. The maximum absolute atomic E-state index is 12.7. The third-order valence-corrected chi connectivity index (χ3v) is 4.93. The molecule has 2 aromatic rings. The SMILES string of the molecule is CCC(=O)C1=C(O)C(=O)N(CCN(C)C)C1c1c(C)[nH]c2ccccc12. The lowest BCUT2D eigenvalue weighted by atomic mass is 9.93. The van der Waals surface area contributed by atoms with E-state index in [0.717, 1.165) is 22.2 Å². The molecule has 0 spiro atoms. The fraction of sp³-hybridized carbons (Fsp3) is 0.400. The number of amides is 1. The number of Topliss-reactive ketones (excluding diaryl/α,β-unsaturated/α-hetero) is 1. The molecule has 0 aliphatic carbocycles. The third kappa shape index (κ3) is 2.90. The number of rotatable bonds is 6. The van der Waals surface area contributed by atoms with E-state index in [2.05, 4.69) is 4.98 Å². The Kier molecular flexibility index (Phi) is 4.87. The first kappa shape index (κ1) is 18.2. The van der Waals surface area contributed by atoms with Crippen molar-refractivity contribution >= 4 is 22.6 Å². The first-order valence-corrected chi connectivity index (χ1v) is 8.86. The van der Waals surface area contributed by atoms with Crippen LogP contribution in [0.3, 0.4) is 0 Å². The first-order chi connectivity index (χ1) is 12.4. The molecule has 1 amide bonds. The number of fused-ring (bicyclic) bond motifs is 1. The number of aliphatic hydroxyl groups excluding tert-OH is 1. The molecule has 1 atom stereocenters. The van der Waals surface area contributed by atoms with Crippen molar-refractivity contribution in [2.75, 3.05) is 27.2 Å². The Morgan fingerprint density at radius 1 is 1.31 bits per heavy atom. The van der Waals surface area contributed by atoms with E-state index in [9.17, 15) is 14.7 Å². The van der Waals surface area contributed by atoms with Crippen LogP contribution >= 0.6 is 0 Å². The number of para-hydroxylation sites is 1. The second kappa shape index (κ2) is 6.96. The van der Waals surface area contributed by atoms with Crippen molar-refractivity contribution in [3.63, 3.8) is 0 Å². The van der Waals surface area contributed by atoms with Gasteiger partial charge in [0, 0.05) is 41.7 Å². The Hall–Kier alpha value is -2.60. The molecule has 0 radical (unpaired) electrons. The lowest BCUT2D eigenvalue weighted by molar-refractivity contribution is -0.129. The van der Waals surface area contributed by atoms with Crippen LogP contribution in [0.5, 0.6) is 0 Å². The zero-order valence-electron chi connectivity index (χ0n) is 15.7. The number of hydrogen-bond donors (Lipinski definition) is 2. The molecule has 1 aromatic carbocycles. The number of ketones is 1. The van der Waals surface area contributed by atoms with E-state index in [1.54, 1.807) is 11.8 Å². The summed E-state index contributed by atoms with van der Waals surface area (Å²) in [4.78, 5) is 32.2. The Labute approximate surface area is 153 Å². The number of nitrogens with one attached hydrogen (secondary N) is 1. The second-order valence-corrected chi connectivity index (χ2v) is 6.95. The Morgan fingerprint density at radius 2 is 2.00 bits per heavy atom. The predicted molar refractivity (Wildman–Crippen MR) is 101 cm³/mol. The van der Waals surface area contributed by atoms with Gasteiger partial charge in [0.1, 0.15) is 0 Å². The van der Waals surface area contributed by atoms with Crippen LogP contribution in [0.1, 0.15) is 30.6 Å². The minimum Gasteiger partial charge on any atom is -0.503 e. The minimum absolute atomic E-state index is 0.196. The Morgan fingerprint density at radius 3 is 2.65 bits per heavy atom. The average Bonchev–Trinajstić information content (AvgIpc) is 3.06. The van der Waals surface area contributed by atoms with Gasteiger partial charge in [-0.3, -0.25) is 9.59 Å². The predicted octanol–water partition coefficient (Wildman–Crippen LogP) is 2.71. The first-order valence-electron chi connectivity index (χ1n) is 8.86. The van der Waals surface area contributed by atoms with Crippen molar-refractivity contribution in [2.24, 2.45) is 0 Å². The van der Waals surface area contributed by atoms with Gasteiger partial charge in [-0.25, -0.2) is 0 Å². The highest BCUT2D eigenvalue weighted by Crippen LogP contribution is 2.42. The number of benzene rings is 1. The van der Waals surface area contributed by atoms with Crippen molar-refractivity contribution in [3.05, 3.63) is 46.9 Å². The molecule has 26 heavy (non-hydrogen) atoms. The molecule has 6 nitrogen and oxygen atoms in total. The van der Waals surface area contributed by atoms with E-state index < -0.39 is 17.7 Å². The topological polar surface area (TPSA) is 76.6 Å². The lowest BCUT2D eigenvalue weighted by Crippen LogP contribution is -2.36. The highest BCUT2D eigenvalue weighted by Gasteiger charge is 2.44. The normalized spacial score (nSPS) is 17.8. The van der Waals surface area contributed by atoms with Gasteiger partial charge in [-0.05, 0) is 27.1 Å². The number of carbonyl (C=O) groups is 2.